The fourth-order valence-electron chi connectivity index (χ4n) is 2.14. The highest BCUT2D eigenvalue weighted by Crippen LogP contribution is 2.27. The van der Waals surface area contributed by atoms with E-state index in [0.717, 1.165) is 16.0 Å². The maximum absolute atomic E-state index is 11.6. The van der Waals surface area contributed by atoms with E-state index in [1.807, 2.05) is 16.3 Å². The number of thiophene rings is 1. The summed E-state index contributed by atoms with van der Waals surface area (Å²) < 4.78 is 10.1. The molecule has 1 aliphatic rings. The van der Waals surface area contributed by atoms with Crippen molar-refractivity contribution in [3.8, 4) is 0 Å². The SMILES string of the molecule is COC(=O)C1CN(c2ncnc3sccc23)CCO1. The minimum absolute atomic E-state index is 0.347. The third-order valence-corrected chi connectivity index (χ3v) is 3.89. The number of aromatic nitrogens is 2. The molecule has 0 aliphatic carbocycles. The lowest BCUT2D eigenvalue weighted by molar-refractivity contribution is -0.154. The van der Waals surface area contributed by atoms with Gasteiger partial charge in [0.05, 0.1) is 25.6 Å². The van der Waals surface area contributed by atoms with Crippen molar-refractivity contribution in [3.05, 3.63) is 17.8 Å². The van der Waals surface area contributed by atoms with Gasteiger partial charge in [0.15, 0.2) is 6.10 Å². The average Bonchev–Trinajstić information content (AvgIpc) is 2.94. The van der Waals surface area contributed by atoms with Crippen molar-refractivity contribution in [1.29, 1.82) is 0 Å². The first kappa shape index (κ1) is 12.3. The second-order valence-corrected chi connectivity index (χ2v) is 5.06. The number of methoxy groups -OCH3 is 1. The summed E-state index contributed by atoms with van der Waals surface area (Å²) in [6.07, 6.45) is 0.999. The summed E-state index contributed by atoms with van der Waals surface area (Å²) in [7, 11) is 1.37. The Morgan fingerprint density at radius 1 is 1.58 bits per heavy atom. The maximum Gasteiger partial charge on any atom is 0.336 e. The molecule has 3 heterocycles. The molecule has 0 radical (unpaired) electrons. The molecule has 0 bridgehead atoms. The third kappa shape index (κ3) is 2.26. The highest BCUT2D eigenvalue weighted by Gasteiger charge is 2.28. The van der Waals surface area contributed by atoms with Crippen LogP contribution in [0.3, 0.4) is 0 Å². The number of carbonyl (C=O) groups is 1. The molecule has 2 aromatic rings. The van der Waals surface area contributed by atoms with Crippen LogP contribution in [-0.4, -0.2) is 48.8 Å². The predicted octanol–water partition coefficient (Wildman–Crippen LogP) is 1.07. The number of ether oxygens (including phenoxy) is 2. The second kappa shape index (κ2) is 5.10. The molecule has 0 spiro atoms. The molecule has 1 atom stereocenters. The third-order valence-electron chi connectivity index (χ3n) is 3.07. The first-order valence-electron chi connectivity index (χ1n) is 5.92. The number of hydrogen-bond donors (Lipinski definition) is 0. The van der Waals surface area contributed by atoms with Gasteiger partial charge in [-0.15, -0.1) is 11.3 Å². The molecule has 100 valence electrons. The zero-order chi connectivity index (χ0) is 13.2. The van der Waals surface area contributed by atoms with Gasteiger partial charge in [-0.3, -0.25) is 0 Å². The van der Waals surface area contributed by atoms with Crippen LogP contribution >= 0.6 is 11.3 Å². The Balaban J connectivity index is 1.89. The number of anilines is 1. The van der Waals surface area contributed by atoms with Gasteiger partial charge in [-0.1, -0.05) is 0 Å². The van der Waals surface area contributed by atoms with E-state index in [2.05, 4.69) is 9.97 Å². The van der Waals surface area contributed by atoms with Gasteiger partial charge in [-0.2, -0.15) is 0 Å². The lowest BCUT2D eigenvalue weighted by Gasteiger charge is -2.32. The number of fused-ring (bicyclic) bond motifs is 1. The van der Waals surface area contributed by atoms with Crippen molar-refractivity contribution in [1.82, 2.24) is 9.97 Å². The van der Waals surface area contributed by atoms with E-state index in [1.54, 1.807) is 17.7 Å². The normalized spacial score (nSPS) is 19.6. The molecule has 0 aromatic carbocycles. The van der Waals surface area contributed by atoms with Gasteiger partial charge in [0.25, 0.3) is 0 Å². The van der Waals surface area contributed by atoms with E-state index in [1.165, 1.54) is 7.11 Å². The number of hydrogen-bond acceptors (Lipinski definition) is 7. The van der Waals surface area contributed by atoms with Crippen LogP contribution in [0.15, 0.2) is 17.8 Å². The van der Waals surface area contributed by atoms with Crippen LogP contribution in [0.5, 0.6) is 0 Å². The van der Waals surface area contributed by atoms with Crippen molar-refractivity contribution in [2.75, 3.05) is 31.7 Å². The van der Waals surface area contributed by atoms with Crippen LogP contribution < -0.4 is 4.90 Å². The maximum atomic E-state index is 11.6. The van der Waals surface area contributed by atoms with Crippen molar-refractivity contribution in [3.63, 3.8) is 0 Å². The van der Waals surface area contributed by atoms with Gasteiger partial charge in [0, 0.05) is 6.54 Å². The zero-order valence-electron chi connectivity index (χ0n) is 10.4. The number of carbonyl (C=O) groups excluding carboxylic acids is 1. The number of morpholine rings is 1. The van der Waals surface area contributed by atoms with Crippen LogP contribution in [-0.2, 0) is 14.3 Å². The van der Waals surface area contributed by atoms with Gasteiger partial charge in [0.2, 0.25) is 0 Å². The summed E-state index contributed by atoms with van der Waals surface area (Å²) in [6.45, 7) is 1.64. The van der Waals surface area contributed by atoms with Gasteiger partial charge in [0.1, 0.15) is 17.0 Å². The van der Waals surface area contributed by atoms with Gasteiger partial charge in [-0.25, -0.2) is 14.8 Å². The van der Waals surface area contributed by atoms with E-state index in [9.17, 15) is 4.79 Å². The molecule has 0 saturated carbocycles. The lowest BCUT2D eigenvalue weighted by Crippen LogP contribution is -2.47. The van der Waals surface area contributed by atoms with Crippen LogP contribution in [0.25, 0.3) is 10.2 Å². The largest absolute Gasteiger partial charge is 0.467 e. The Morgan fingerprint density at radius 2 is 2.47 bits per heavy atom. The zero-order valence-corrected chi connectivity index (χ0v) is 11.2. The lowest BCUT2D eigenvalue weighted by atomic mass is 10.2. The van der Waals surface area contributed by atoms with Crippen LogP contribution in [0.1, 0.15) is 0 Å². The summed E-state index contributed by atoms with van der Waals surface area (Å²) in [5.41, 5.74) is 0. The molecule has 3 rings (SSSR count). The molecule has 19 heavy (non-hydrogen) atoms. The Labute approximate surface area is 114 Å². The summed E-state index contributed by atoms with van der Waals surface area (Å²) in [5.74, 6) is 0.503. The number of esters is 1. The van der Waals surface area contributed by atoms with Gasteiger partial charge in [-0.05, 0) is 11.4 Å². The molecule has 1 unspecified atom stereocenters. The van der Waals surface area contributed by atoms with Crippen molar-refractivity contribution in [2.24, 2.45) is 0 Å². The second-order valence-electron chi connectivity index (χ2n) is 4.17. The summed E-state index contributed by atoms with van der Waals surface area (Å²) in [6, 6.07) is 2.00. The first-order chi connectivity index (χ1) is 9.29. The molecule has 1 aliphatic heterocycles. The number of nitrogens with zero attached hydrogens (tertiary/aromatic N) is 3. The van der Waals surface area contributed by atoms with E-state index in [4.69, 9.17) is 9.47 Å². The summed E-state index contributed by atoms with van der Waals surface area (Å²) >= 11 is 1.58. The molecule has 0 N–H and O–H groups in total. The van der Waals surface area contributed by atoms with Gasteiger partial charge < -0.3 is 14.4 Å². The van der Waals surface area contributed by atoms with E-state index < -0.39 is 6.10 Å². The topological polar surface area (TPSA) is 64.5 Å². The minimum atomic E-state index is -0.553. The van der Waals surface area contributed by atoms with E-state index in [-0.39, 0.29) is 5.97 Å². The van der Waals surface area contributed by atoms with E-state index >= 15 is 0 Å². The fourth-order valence-corrected chi connectivity index (χ4v) is 2.87. The molecular weight excluding hydrogens is 266 g/mol. The van der Waals surface area contributed by atoms with E-state index in [0.29, 0.717) is 19.7 Å². The molecule has 0 amide bonds. The van der Waals surface area contributed by atoms with Crippen LogP contribution in [0.4, 0.5) is 5.82 Å². The Morgan fingerprint density at radius 3 is 3.32 bits per heavy atom. The average molecular weight is 279 g/mol. The minimum Gasteiger partial charge on any atom is -0.467 e. The Bertz CT molecular complexity index is 601. The molecule has 1 saturated heterocycles. The first-order valence-corrected chi connectivity index (χ1v) is 6.80. The predicted molar refractivity (Wildman–Crippen MR) is 71.4 cm³/mol. The standard InChI is InChI=1S/C12H13N3O3S/c1-17-12(16)9-6-15(3-4-18-9)10-8-2-5-19-11(8)14-7-13-10/h2,5,7,9H,3-4,6H2,1H3. The fraction of sp³-hybridized carbons (Fsp3) is 0.417. The monoisotopic (exact) mass is 279 g/mol. The molecular formula is C12H13N3O3S. The molecule has 6 nitrogen and oxygen atoms in total. The van der Waals surface area contributed by atoms with Crippen LogP contribution in [0, 0.1) is 0 Å². The van der Waals surface area contributed by atoms with Crippen LogP contribution in [0.2, 0.25) is 0 Å². The highest BCUT2D eigenvalue weighted by atomic mass is 32.1. The molecule has 2 aromatic heterocycles. The summed E-state index contributed by atoms with van der Waals surface area (Å²) in [4.78, 5) is 23.1. The van der Waals surface area contributed by atoms with Crippen molar-refractivity contribution in [2.45, 2.75) is 6.10 Å². The van der Waals surface area contributed by atoms with Crippen molar-refractivity contribution < 1.29 is 14.3 Å². The Hall–Kier alpha value is -1.73. The Kier molecular flexibility index (Phi) is 3.31. The highest BCUT2D eigenvalue weighted by molar-refractivity contribution is 7.16. The molecule has 7 heteroatoms. The van der Waals surface area contributed by atoms with Crippen molar-refractivity contribution >= 4 is 33.3 Å². The van der Waals surface area contributed by atoms with Gasteiger partial charge >= 0.3 is 5.97 Å². The smallest absolute Gasteiger partial charge is 0.336 e. The number of rotatable bonds is 2. The summed E-state index contributed by atoms with van der Waals surface area (Å²) in [5, 5.41) is 3.00. The quantitative estimate of drug-likeness (QED) is 0.766. The molecule has 1 fully saturated rings.